The van der Waals surface area contributed by atoms with Crippen LogP contribution in [0.2, 0.25) is 0 Å². The number of rotatable bonds is 5. The van der Waals surface area contributed by atoms with Crippen molar-refractivity contribution in [1.82, 2.24) is 9.62 Å². The fraction of sp³-hybridized carbons (Fsp3) is 0.571. The number of hydrogen-bond donors (Lipinski definition) is 1. The van der Waals surface area contributed by atoms with Crippen LogP contribution in [0.4, 0.5) is 0 Å². The molecule has 1 unspecified atom stereocenters. The lowest BCUT2D eigenvalue weighted by molar-refractivity contribution is 0.408. The van der Waals surface area contributed by atoms with E-state index in [1.807, 2.05) is 30.3 Å². The minimum Gasteiger partial charge on any atom is -0.313 e. The monoisotopic (exact) mass is 282 g/mol. The molecule has 1 fully saturated rings. The predicted molar refractivity (Wildman–Crippen MR) is 77.3 cm³/mol. The standard InChI is InChI=1S/C14H22N2O2S/c1-16(11-13-7-3-2-4-8-13)19(17,18)12-14-9-5-6-10-15-14/h2-4,7-8,14-15H,5-6,9-12H2,1H3. The van der Waals surface area contributed by atoms with E-state index in [0.717, 1.165) is 31.4 Å². The first kappa shape index (κ1) is 14.5. The van der Waals surface area contributed by atoms with Crippen molar-refractivity contribution in [3.05, 3.63) is 35.9 Å². The van der Waals surface area contributed by atoms with Crippen LogP contribution in [-0.4, -0.2) is 38.1 Å². The van der Waals surface area contributed by atoms with E-state index in [1.54, 1.807) is 7.05 Å². The molecule has 0 aromatic heterocycles. The number of piperidine rings is 1. The molecule has 5 heteroatoms. The number of benzene rings is 1. The van der Waals surface area contributed by atoms with Gasteiger partial charge in [0.05, 0.1) is 5.75 Å². The van der Waals surface area contributed by atoms with Gasteiger partial charge in [-0.05, 0) is 24.9 Å². The lowest BCUT2D eigenvalue weighted by atomic mass is 10.1. The van der Waals surface area contributed by atoms with E-state index in [9.17, 15) is 8.42 Å². The smallest absolute Gasteiger partial charge is 0.215 e. The molecule has 4 nitrogen and oxygen atoms in total. The van der Waals surface area contributed by atoms with Crippen LogP contribution in [-0.2, 0) is 16.6 Å². The third kappa shape index (κ3) is 4.30. The summed E-state index contributed by atoms with van der Waals surface area (Å²) in [5, 5.41) is 3.29. The van der Waals surface area contributed by atoms with Crippen LogP contribution in [0.15, 0.2) is 30.3 Å². The maximum absolute atomic E-state index is 12.3. The fourth-order valence-corrected chi connectivity index (χ4v) is 3.78. The first-order chi connectivity index (χ1) is 9.08. The highest BCUT2D eigenvalue weighted by Gasteiger charge is 2.24. The zero-order chi connectivity index (χ0) is 13.7. The molecule has 2 rings (SSSR count). The summed E-state index contributed by atoms with van der Waals surface area (Å²) in [4.78, 5) is 0. The average molecular weight is 282 g/mol. The van der Waals surface area contributed by atoms with E-state index in [4.69, 9.17) is 0 Å². The van der Waals surface area contributed by atoms with Gasteiger partial charge in [-0.15, -0.1) is 0 Å². The highest BCUT2D eigenvalue weighted by molar-refractivity contribution is 7.89. The van der Waals surface area contributed by atoms with Gasteiger partial charge in [0.1, 0.15) is 0 Å². The summed E-state index contributed by atoms with van der Waals surface area (Å²) >= 11 is 0. The molecule has 1 atom stereocenters. The van der Waals surface area contributed by atoms with Crippen LogP contribution >= 0.6 is 0 Å². The van der Waals surface area contributed by atoms with Gasteiger partial charge in [0, 0.05) is 19.6 Å². The van der Waals surface area contributed by atoms with Crippen LogP contribution in [0.3, 0.4) is 0 Å². The molecule has 1 aliphatic rings. The summed E-state index contributed by atoms with van der Waals surface area (Å²) in [6, 6.07) is 9.80. The number of sulfonamides is 1. The third-order valence-electron chi connectivity index (χ3n) is 3.55. The second-order valence-corrected chi connectivity index (χ2v) is 7.29. The molecule has 106 valence electrons. The number of nitrogens with one attached hydrogen (secondary N) is 1. The van der Waals surface area contributed by atoms with Gasteiger partial charge in [-0.1, -0.05) is 36.8 Å². The summed E-state index contributed by atoms with van der Waals surface area (Å²) in [6.45, 7) is 1.37. The lowest BCUT2D eigenvalue weighted by Gasteiger charge is -2.26. The van der Waals surface area contributed by atoms with Crippen molar-refractivity contribution in [2.75, 3.05) is 19.3 Å². The van der Waals surface area contributed by atoms with E-state index in [2.05, 4.69) is 5.32 Å². The summed E-state index contributed by atoms with van der Waals surface area (Å²) in [5.74, 6) is 0.205. The highest BCUT2D eigenvalue weighted by atomic mass is 32.2. The van der Waals surface area contributed by atoms with Gasteiger partial charge in [-0.2, -0.15) is 0 Å². The molecule has 0 spiro atoms. The molecule has 0 saturated carbocycles. The molecule has 0 radical (unpaired) electrons. The van der Waals surface area contributed by atoms with Gasteiger partial charge in [-0.25, -0.2) is 12.7 Å². The molecular weight excluding hydrogens is 260 g/mol. The topological polar surface area (TPSA) is 49.4 Å². The zero-order valence-corrected chi connectivity index (χ0v) is 12.2. The highest BCUT2D eigenvalue weighted by Crippen LogP contribution is 2.13. The largest absolute Gasteiger partial charge is 0.313 e. The van der Waals surface area contributed by atoms with Crippen molar-refractivity contribution in [1.29, 1.82) is 0 Å². The van der Waals surface area contributed by atoms with Crippen LogP contribution in [0.25, 0.3) is 0 Å². The second-order valence-electron chi connectivity index (χ2n) is 5.17. The van der Waals surface area contributed by atoms with Gasteiger partial charge in [-0.3, -0.25) is 0 Å². The van der Waals surface area contributed by atoms with Crippen molar-refractivity contribution >= 4 is 10.0 Å². The first-order valence-electron chi connectivity index (χ1n) is 6.79. The quantitative estimate of drug-likeness (QED) is 0.892. The molecule has 1 saturated heterocycles. The van der Waals surface area contributed by atoms with Gasteiger partial charge < -0.3 is 5.32 Å². The van der Waals surface area contributed by atoms with Crippen LogP contribution in [0.5, 0.6) is 0 Å². The maximum atomic E-state index is 12.3. The molecule has 0 amide bonds. The SMILES string of the molecule is CN(Cc1ccccc1)S(=O)(=O)CC1CCCCN1. The van der Waals surface area contributed by atoms with Gasteiger partial charge in [0.15, 0.2) is 0 Å². The Balaban J connectivity index is 1.94. The Hall–Kier alpha value is -0.910. The maximum Gasteiger partial charge on any atom is 0.215 e. The van der Waals surface area contributed by atoms with Gasteiger partial charge >= 0.3 is 0 Å². The Kier molecular flexibility index (Phi) is 4.96. The third-order valence-corrected chi connectivity index (χ3v) is 5.45. The molecule has 0 bridgehead atoms. The normalized spacial score (nSPS) is 20.6. The minimum absolute atomic E-state index is 0.108. The van der Waals surface area contributed by atoms with E-state index < -0.39 is 10.0 Å². The Morgan fingerprint density at radius 1 is 1.26 bits per heavy atom. The summed E-state index contributed by atoms with van der Waals surface area (Å²) in [5.41, 5.74) is 1.02. The Labute approximate surface area is 115 Å². The van der Waals surface area contributed by atoms with Crippen molar-refractivity contribution in [3.63, 3.8) is 0 Å². The molecule has 1 aromatic carbocycles. The van der Waals surface area contributed by atoms with E-state index in [-0.39, 0.29) is 11.8 Å². The van der Waals surface area contributed by atoms with Crippen molar-refractivity contribution in [2.45, 2.75) is 31.8 Å². The molecule has 19 heavy (non-hydrogen) atoms. The Morgan fingerprint density at radius 2 is 2.00 bits per heavy atom. The van der Waals surface area contributed by atoms with Crippen LogP contribution in [0, 0.1) is 0 Å². The van der Waals surface area contributed by atoms with E-state index in [1.165, 1.54) is 4.31 Å². The number of nitrogens with zero attached hydrogens (tertiary/aromatic N) is 1. The van der Waals surface area contributed by atoms with Gasteiger partial charge in [0.2, 0.25) is 10.0 Å². The molecule has 0 aliphatic carbocycles. The van der Waals surface area contributed by atoms with Crippen molar-refractivity contribution in [2.24, 2.45) is 0 Å². The fourth-order valence-electron chi connectivity index (χ4n) is 2.39. The average Bonchev–Trinajstić information content (AvgIpc) is 2.40. The van der Waals surface area contributed by atoms with E-state index in [0.29, 0.717) is 6.54 Å². The van der Waals surface area contributed by atoms with Gasteiger partial charge in [0.25, 0.3) is 0 Å². The Bertz CT molecular complexity index is 481. The predicted octanol–water partition coefficient (Wildman–Crippen LogP) is 1.59. The van der Waals surface area contributed by atoms with Crippen molar-refractivity contribution in [3.8, 4) is 0 Å². The molecular formula is C14H22N2O2S. The molecule has 1 heterocycles. The van der Waals surface area contributed by atoms with Crippen LogP contribution < -0.4 is 5.32 Å². The Morgan fingerprint density at radius 3 is 2.63 bits per heavy atom. The first-order valence-corrected chi connectivity index (χ1v) is 8.40. The summed E-state index contributed by atoms with van der Waals surface area (Å²) < 4.78 is 26.0. The molecule has 1 N–H and O–H groups in total. The molecule has 1 aliphatic heterocycles. The number of hydrogen-bond acceptors (Lipinski definition) is 3. The zero-order valence-electron chi connectivity index (χ0n) is 11.4. The summed E-state index contributed by atoms with van der Waals surface area (Å²) in [6.07, 6.45) is 3.23. The van der Waals surface area contributed by atoms with Crippen LogP contribution in [0.1, 0.15) is 24.8 Å². The second kappa shape index (κ2) is 6.50. The van der Waals surface area contributed by atoms with Crippen molar-refractivity contribution < 1.29 is 8.42 Å². The molecule has 1 aromatic rings. The summed E-state index contributed by atoms with van der Waals surface area (Å²) in [7, 11) is -1.53. The lowest BCUT2D eigenvalue weighted by Crippen LogP contribution is -2.43. The van der Waals surface area contributed by atoms with E-state index >= 15 is 0 Å². The minimum atomic E-state index is -3.19.